The maximum atomic E-state index is 9.95. The van der Waals surface area contributed by atoms with Crippen LogP contribution < -0.4 is 0 Å². The van der Waals surface area contributed by atoms with E-state index in [1.165, 1.54) is 0 Å². The molecule has 0 saturated carbocycles. The molecule has 0 amide bonds. The van der Waals surface area contributed by atoms with E-state index < -0.39 is 11.7 Å². The van der Waals surface area contributed by atoms with Crippen molar-refractivity contribution < 1.29 is 24.1 Å². The van der Waals surface area contributed by atoms with Gasteiger partial charge in [-0.3, -0.25) is 0 Å². The van der Waals surface area contributed by atoms with Gasteiger partial charge in [0.15, 0.2) is 0 Å². The summed E-state index contributed by atoms with van der Waals surface area (Å²) in [4.78, 5) is 0. The summed E-state index contributed by atoms with van der Waals surface area (Å²) in [5.74, 6) is 0. The molecule has 2 atom stereocenters. The fourth-order valence-electron chi connectivity index (χ4n) is 5.19. The Bertz CT molecular complexity index is 1370. The van der Waals surface area contributed by atoms with E-state index >= 15 is 0 Å². The molecule has 5 heteroatoms. The normalized spacial score (nSPS) is 12.9. The predicted octanol–water partition coefficient (Wildman–Crippen LogP) is 7.17. The molecular weight excluding hydrogens is 548 g/mol. The molecule has 0 aliphatic rings. The van der Waals surface area contributed by atoms with Crippen molar-refractivity contribution in [1.82, 2.24) is 0 Å². The minimum atomic E-state index is -0.870. The molecule has 226 valence electrons. The highest BCUT2D eigenvalue weighted by Gasteiger charge is 2.38. The molecule has 5 rings (SSSR count). The van der Waals surface area contributed by atoms with Crippen LogP contribution in [0.25, 0.3) is 0 Å². The summed E-state index contributed by atoms with van der Waals surface area (Å²) >= 11 is 0. The Morgan fingerprint density at radius 3 is 1.23 bits per heavy atom. The lowest BCUT2D eigenvalue weighted by molar-refractivity contribution is -0.112. The van der Waals surface area contributed by atoms with Crippen molar-refractivity contribution in [2.75, 3.05) is 26.4 Å². The monoisotopic (exact) mass is 588 g/mol. The minimum absolute atomic E-state index is 0.141. The molecule has 2 unspecified atom stereocenters. The molecule has 5 nitrogen and oxygen atoms in total. The summed E-state index contributed by atoms with van der Waals surface area (Å²) < 4.78 is 25.5. The van der Waals surface area contributed by atoms with Crippen LogP contribution in [-0.4, -0.2) is 43.7 Å². The van der Waals surface area contributed by atoms with Gasteiger partial charge in [0, 0.05) is 0 Å². The topological polar surface area (TPSA) is 57.2 Å². The molecule has 0 aliphatic heterocycles. The molecule has 1 N–H and O–H groups in total. The standard InChI is InChI=1S/C39H40O5/c40-26-37(42-27-32-16-6-1-7-17-32)29-41-30-38(43-28-33-18-8-2-9-19-33)31-44-39(34-20-10-3-11-21-34,35-22-12-4-13-23-35)36-24-14-5-15-25-36/h1-25,37-38,40H,26-31H2. The maximum absolute atomic E-state index is 9.95. The molecule has 5 aromatic carbocycles. The smallest absolute Gasteiger partial charge is 0.143 e. The summed E-state index contributed by atoms with van der Waals surface area (Å²) in [7, 11) is 0. The Labute approximate surface area is 260 Å². The SMILES string of the molecule is OCC(COCC(COC(c1ccccc1)(c1ccccc1)c1ccccc1)OCc1ccccc1)OCc1ccccc1. The van der Waals surface area contributed by atoms with Crippen molar-refractivity contribution >= 4 is 0 Å². The quantitative estimate of drug-likeness (QED) is 0.117. The second-order valence-electron chi connectivity index (χ2n) is 10.6. The summed E-state index contributed by atoms with van der Waals surface area (Å²) in [6.07, 6.45) is -0.845. The van der Waals surface area contributed by atoms with Crippen LogP contribution in [0.2, 0.25) is 0 Å². The second kappa shape index (κ2) is 16.7. The van der Waals surface area contributed by atoms with E-state index in [0.29, 0.717) is 13.2 Å². The van der Waals surface area contributed by atoms with Crippen LogP contribution in [0.4, 0.5) is 0 Å². The van der Waals surface area contributed by atoms with E-state index in [9.17, 15) is 5.11 Å². The van der Waals surface area contributed by atoms with Crippen LogP contribution >= 0.6 is 0 Å². The second-order valence-corrected chi connectivity index (χ2v) is 10.6. The lowest BCUT2D eigenvalue weighted by Gasteiger charge is -2.37. The van der Waals surface area contributed by atoms with Gasteiger partial charge in [-0.05, 0) is 27.8 Å². The number of aliphatic hydroxyl groups excluding tert-OH is 1. The average molecular weight is 589 g/mol. The fourth-order valence-corrected chi connectivity index (χ4v) is 5.19. The third-order valence-corrected chi connectivity index (χ3v) is 7.49. The zero-order valence-electron chi connectivity index (χ0n) is 24.9. The first kappa shape index (κ1) is 31.3. The van der Waals surface area contributed by atoms with Crippen molar-refractivity contribution in [3.8, 4) is 0 Å². The predicted molar refractivity (Wildman–Crippen MR) is 173 cm³/mol. The van der Waals surface area contributed by atoms with Crippen molar-refractivity contribution in [2.45, 2.75) is 31.0 Å². The number of hydrogen-bond acceptors (Lipinski definition) is 5. The lowest BCUT2D eigenvalue weighted by Crippen LogP contribution is -2.38. The Morgan fingerprint density at radius 1 is 0.455 bits per heavy atom. The number of aliphatic hydroxyl groups is 1. The first-order valence-electron chi connectivity index (χ1n) is 15.1. The molecule has 0 saturated heterocycles. The van der Waals surface area contributed by atoms with Crippen LogP contribution in [0, 0.1) is 0 Å². The third-order valence-electron chi connectivity index (χ3n) is 7.49. The highest BCUT2D eigenvalue weighted by Crippen LogP contribution is 2.40. The molecule has 0 radical (unpaired) electrons. The summed E-state index contributed by atoms with van der Waals surface area (Å²) in [6.45, 7) is 1.45. The van der Waals surface area contributed by atoms with E-state index in [-0.39, 0.29) is 32.5 Å². The minimum Gasteiger partial charge on any atom is -0.394 e. The van der Waals surface area contributed by atoms with Gasteiger partial charge in [-0.25, -0.2) is 0 Å². The van der Waals surface area contributed by atoms with Gasteiger partial charge < -0.3 is 24.1 Å². The van der Waals surface area contributed by atoms with Crippen LogP contribution in [0.3, 0.4) is 0 Å². The van der Waals surface area contributed by atoms with Gasteiger partial charge in [0.05, 0.1) is 39.6 Å². The van der Waals surface area contributed by atoms with Gasteiger partial charge in [-0.1, -0.05) is 152 Å². The van der Waals surface area contributed by atoms with Gasteiger partial charge in [0.1, 0.15) is 17.8 Å². The van der Waals surface area contributed by atoms with Gasteiger partial charge in [-0.15, -0.1) is 0 Å². The van der Waals surface area contributed by atoms with Gasteiger partial charge in [-0.2, -0.15) is 0 Å². The lowest BCUT2D eigenvalue weighted by atomic mass is 9.80. The Hall–Kier alpha value is -4.10. The Morgan fingerprint density at radius 2 is 0.818 bits per heavy atom. The van der Waals surface area contributed by atoms with Crippen molar-refractivity contribution in [3.63, 3.8) is 0 Å². The molecule has 0 aromatic heterocycles. The molecule has 5 aromatic rings. The maximum Gasteiger partial charge on any atom is 0.143 e. The largest absolute Gasteiger partial charge is 0.394 e. The van der Waals surface area contributed by atoms with Gasteiger partial charge >= 0.3 is 0 Å². The number of hydrogen-bond donors (Lipinski definition) is 1. The van der Waals surface area contributed by atoms with E-state index in [1.807, 2.05) is 115 Å². The number of benzene rings is 5. The van der Waals surface area contributed by atoms with Crippen LogP contribution in [0.5, 0.6) is 0 Å². The highest BCUT2D eigenvalue weighted by atomic mass is 16.6. The number of ether oxygens (including phenoxy) is 4. The molecule has 0 spiro atoms. The van der Waals surface area contributed by atoms with Crippen LogP contribution in [0.1, 0.15) is 27.8 Å². The first-order chi connectivity index (χ1) is 21.8. The van der Waals surface area contributed by atoms with Crippen molar-refractivity contribution in [3.05, 3.63) is 179 Å². The summed E-state index contributed by atoms with van der Waals surface area (Å²) in [5.41, 5.74) is 4.31. The van der Waals surface area contributed by atoms with E-state index in [0.717, 1.165) is 27.8 Å². The van der Waals surface area contributed by atoms with Crippen LogP contribution in [0.15, 0.2) is 152 Å². The molecule has 0 heterocycles. The Kier molecular flexibility index (Phi) is 11.9. The summed E-state index contributed by atoms with van der Waals surface area (Å²) in [5, 5.41) is 9.95. The molecular formula is C39H40O5. The number of rotatable bonds is 17. The molecule has 0 bridgehead atoms. The van der Waals surface area contributed by atoms with E-state index in [4.69, 9.17) is 18.9 Å². The average Bonchev–Trinajstić information content (AvgIpc) is 3.11. The third kappa shape index (κ3) is 8.50. The Balaban J connectivity index is 1.35. The van der Waals surface area contributed by atoms with E-state index in [2.05, 4.69) is 36.4 Å². The molecule has 0 fully saturated rings. The van der Waals surface area contributed by atoms with E-state index in [1.54, 1.807) is 0 Å². The van der Waals surface area contributed by atoms with Gasteiger partial charge in [0.2, 0.25) is 0 Å². The highest BCUT2D eigenvalue weighted by molar-refractivity contribution is 5.47. The molecule has 0 aliphatic carbocycles. The zero-order valence-corrected chi connectivity index (χ0v) is 24.9. The molecule has 44 heavy (non-hydrogen) atoms. The van der Waals surface area contributed by atoms with Crippen LogP contribution in [-0.2, 0) is 37.8 Å². The summed E-state index contributed by atoms with van der Waals surface area (Å²) in [6, 6.07) is 50.9. The first-order valence-corrected chi connectivity index (χ1v) is 15.1. The fraction of sp³-hybridized carbons (Fsp3) is 0.231. The van der Waals surface area contributed by atoms with Crippen molar-refractivity contribution in [1.29, 1.82) is 0 Å². The van der Waals surface area contributed by atoms with Crippen molar-refractivity contribution in [2.24, 2.45) is 0 Å². The zero-order chi connectivity index (χ0) is 30.3. The van der Waals surface area contributed by atoms with Gasteiger partial charge in [0.25, 0.3) is 0 Å².